The minimum absolute atomic E-state index is 0.133. The number of likely N-dealkylation sites (tertiary alicyclic amines) is 1. The van der Waals surface area contributed by atoms with Gasteiger partial charge in [-0.05, 0) is 18.9 Å². The van der Waals surface area contributed by atoms with Crippen molar-refractivity contribution >= 4 is 5.78 Å². The van der Waals surface area contributed by atoms with Crippen molar-refractivity contribution < 1.29 is 9.90 Å². The topological polar surface area (TPSA) is 40.5 Å². The molecule has 0 aliphatic carbocycles. The second-order valence-corrected chi connectivity index (χ2v) is 4.19. The quantitative estimate of drug-likeness (QED) is 0.694. The molecule has 0 aromatic carbocycles. The third-order valence-electron chi connectivity index (χ3n) is 2.65. The molecule has 1 aliphatic heterocycles. The first kappa shape index (κ1) is 10.7. The summed E-state index contributed by atoms with van der Waals surface area (Å²) in [7, 11) is 0. The lowest BCUT2D eigenvalue weighted by Gasteiger charge is -2.15. The molecule has 0 amide bonds. The maximum atomic E-state index is 11.4. The van der Waals surface area contributed by atoms with E-state index >= 15 is 0 Å². The summed E-state index contributed by atoms with van der Waals surface area (Å²) in [4.78, 5) is 13.5. The van der Waals surface area contributed by atoms with Crippen molar-refractivity contribution in [2.45, 2.75) is 20.3 Å². The van der Waals surface area contributed by atoms with Crippen LogP contribution in [0.25, 0.3) is 0 Å². The predicted molar refractivity (Wildman–Crippen MR) is 51.5 cm³/mol. The molecule has 1 aliphatic rings. The molecule has 13 heavy (non-hydrogen) atoms. The van der Waals surface area contributed by atoms with E-state index in [2.05, 4.69) is 4.90 Å². The zero-order valence-electron chi connectivity index (χ0n) is 8.49. The minimum atomic E-state index is 0.133. The summed E-state index contributed by atoms with van der Waals surface area (Å²) in [6, 6.07) is 0. The Bertz CT molecular complexity index is 180. The van der Waals surface area contributed by atoms with Gasteiger partial charge >= 0.3 is 0 Å². The van der Waals surface area contributed by atoms with Crippen molar-refractivity contribution in [2.75, 3.05) is 26.2 Å². The largest absolute Gasteiger partial charge is 0.396 e. The highest BCUT2D eigenvalue weighted by Crippen LogP contribution is 2.15. The van der Waals surface area contributed by atoms with Crippen LogP contribution in [0.3, 0.4) is 0 Å². The summed E-state index contributed by atoms with van der Waals surface area (Å²) >= 11 is 0. The van der Waals surface area contributed by atoms with E-state index in [1.807, 2.05) is 13.8 Å². The van der Waals surface area contributed by atoms with Gasteiger partial charge in [0.2, 0.25) is 0 Å². The molecule has 0 radical (unpaired) electrons. The molecule has 1 N–H and O–H groups in total. The standard InChI is InChI=1S/C10H19NO2/c1-8(2)10(13)6-11-4-3-9(5-11)7-12/h8-9,12H,3-7H2,1-2H3. The second-order valence-electron chi connectivity index (χ2n) is 4.19. The smallest absolute Gasteiger partial charge is 0.149 e. The van der Waals surface area contributed by atoms with Gasteiger partial charge in [-0.2, -0.15) is 0 Å². The average molecular weight is 185 g/mol. The van der Waals surface area contributed by atoms with Gasteiger partial charge in [-0.15, -0.1) is 0 Å². The highest BCUT2D eigenvalue weighted by Gasteiger charge is 2.23. The predicted octanol–water partition coefficient (Wildman–Crippen LogP) is 0.526. The van der Waals surface area contributed by atoms with Crippen LogP contribution < -0.4 is 0 Å². The molecule has 1 heterocycles. The van der Waals surface area contributed by atoms with E-state index in [1.165, 1.54) is 0 Å². The van der Waals surface area contributed by atoms with Crippen molar-refractivity contribution in [1.29, 1.82) is 0 Å². The molecule has 3 nitrogen and oxygen atoms in total. The summed E-state index contributed by atoms with van der Waals surface area (Å²) in [6.07, 6.45) is 1.03. The number of aliphatic hydroxyl groups excluding tert-OH is 1. The molecule has 1 saturated heterocycles. The molecule has 3 heteroatoms. The Labute approximate surface area is 79.7 Å². The highest BCUT2D eigenvalue weighted by atomic mass is 16.3. The Morgan fingerprint density at radius 3 is 2.77 bits per heavy atom. The molecular weight excluding hydrogens is 166 g/mol. The first-order valence-corrected chi connectivity index (χ1v) is 4.99. The van der Waals surface area contributed by atoms with Crippen LogP contribution >= 0.6 is 0 Å². The lowest BCUT2D eigenvalue weighted by Crippen LogP contribution is -2.30. The van der Waals surface area contributed by atoms with Crippen LogP contribution in [0.1, 0.15) is 20.3 Å². The van der Waals surface area contributed by atoms with Gasteiger partial charge in [-0.25, -0.2) is 0 Å². The number of carbonyl (C=O) groups is 1. The lowest BCUT2D eigenvalue weighted by molar-refractivity contribution is -0.122. The third kappa shape index (κ3) is 3.08. The van der Waals surface area contributed by atoms with E-state index in [0.717, 1.165) is 19.5 Å². The number of carbonyl (C=O) groups excluding carboxylic acids is 1. The van der Waals surface area contributed by atoms with E-state index in [0.29, 0.717) is 18.2 Å². The number of Topliss-reactive ketones (excluding diaryl/α,β-unsaturated/α-hetero) is 1. The molecule has 76 valence electrons. The van der Waals surface area contributed by atoms with E-state index in [1.54, 1.807) is 0 Å². The maximum Gasteiger partial charge on any atom is 0.149 e. The number of rotatable bonds is 4. The first-order chi connectivity index (χ1) is 6.13. The van der Waals surface area contributed by atoms with Gasteiger partial charge in [0, 0.05) is 19.1 Å². The molecule has 0 spiro atoms. The van der Waals surface area contributed by atoms with Crippen LogP contribution in [0.4, 0.5) is 0 Å². The first-order valence-electron chi connectivity index (χ1n) is 4.99. The van der Waals surface area contributed by atoms with Gasteiger partial charge in [-0.3, -0.25) is 9.69 Å². The van der Waals surface area contributed by atoms with Crippen LogP contribution in [0, 0.1) is 11.8 Å². The summed E-state index contributed by atoms with van der Waals surface area (Å²) in [5.41, 5.74) is 0. The fourth-order valence-electron chi connectivity index (χ4n) is 1.61. The van der Waals surface area contributed by atoms with Gasteiger partial charge in [0.15, 0.2) is 0 Å². The zero-order valence-corrected chi connectivity index (χ0v) is 8.49. The van der Waals surface area contributed by atoms with E-state index in [-0.39, 0.29) is 12.5 Å². The molecule has 1 unspecified atom stereocenters. The van der Waals surface area contributed by atoms with Gasteiger partial charge in [0.05, 0.1) is 6.54 Å². The zero-order chi connectivity index (χ0) is 9.84. The Morgan fingerprint density at radius 2 is 2.31 bits per heavy atom. The van der Waals surface area contributed by atoms with Gasteiger partial charge < -0.3 is 5.11 Å². The summed E-state index contributed by atoms with van der Waals surface area (Å²) in [5.74, 6) is 0.826. The minimum Gasteiger partial charge on any atom is -0.396 e. The van der Waals surface area contributed by atoms with Gasteiger partial charge in [0.25, 0.3) is 0 Å². The Balaban J connectivity index is 2.28. The van der Waals surface area contributed by atoms with Crippen LogP contribution in [0.2, 0.25) is 0 Å². The number of ketones is 1. The highest BCUT2D eigenvalue weighted by molar-refractivity contribution is 5.82. The van der Waals surface area contributed by atoms with Crippen molar-refractivity contribution in [3.05, 3.63) is 0 Å². The molecule has 0 bridgehead atoms. The Morgan fingerprint density at radius 1 is 1.62 bits per heavy atom. The Hall–Kier alpha value is -0.410. The van der Waals surface area contributed by atoms with Crippen LogP contribution in [0.5, 0.6) is 0 Å². The number of hydrogen-bond acceptors (Lipinski definition) is 3. The monoisotopic (exact) mass is 185 g/mol. The summed E-state index contributed by atoms with van der Waals surface area (Å²) in [5, 5.41) is 8.92. The van der Waals surface area contributed by atoms with Crippen molar-refractivity contribution in [2.24, 2.45) is 11.8 Å². The summed E-state index contributed by atoms with van der Waals surface area (Å²) < 4.78 is 0. The molecule has 1 fully saturated rings. The number of nitrogens with zero attached hydrogens (tertiary/aromatic N) is 1. The number of aliphatic hydroxyl groups is 1. The molecule has 0 aromatic rings. The number of hydrogen-bond donors (Lipinski definition) is 1. The molecule has 0 aromatic heterocycles. The maximum absolute atomic E-state index is 11.4. The van der Waals surface area contributed by atoms with Crippen molar-refractivity contribution in [3.63, 3.8) is 0 Å². The van der Waals surface area contributed by atoms with Crippen molar-refractivity contribution in [1.82, 2.24) is 4.90 Å². The normalized spacial score (nSPS) is 24.2. The van der Waals surface area contributed by atoms with Crippen LogP contribution in [-0.4, -0.2) is 42.0 Å². The molecule has 1 atom stereocenters. The fraction of sp³-hybridized carbons (Fsp3) is 0.900. The lowest BCUT2D eigenvalue weighted by atomic mass is 10.1. The average Bonchev–Trinajstić information content (AvgIpc) is 2.52. The SMILES string of the molecule is CC(C)C(=O)CN1CCC(CO)C1. The third-order valence-corrected chi connectivity index (χ3v) is 2.65. The Kier molecular flexibility index (Phi) is 3.88. The van der Waals surface area contributed by atoms with Crippen LogP contribution in [0.15, 0.2) is 0 Å². The van der Waals surface area contributed by atoms with Crippen LogP contribution in [-0.2, 0) is 4.79 Å². The van der Waals surface area contributed by atoms with E-state index in [9.17, 15) is 4.79 Å². The molecule has 1 rings (SSSR count). The van der Waals surface area contributed by atoms with Gasteiger partial charge in [0.1, 0.15) is 5.78 Å². The fourth-order valence-corrected chi connectivity index (χ4v) is 1.61. The van der Waals surface area contributed by atoms with Gasteiger partial charge in [-0.1, -0.05) is 13.8 Å². The second kappa shape index (κ2) is 4.72. The summed E-state index contributed by atoms with van der Waals surface area (Å²) in [6.45, 7) is 6.53. The van der Waals surface area contributed by atoms with E-state index in [4.69, 9.17) is 5.11 Å². The molecular formula is C10H19NO2. The van der Waals surface area contributed by atoms with Crippen molar-refractivity contribution in [3.8, 4) is 0 Å². The van der Waals surface area contributed by atoms with E-state index < -0.39 is 0 Å². The molecule has 0 saturated carbocycles.